The van der Waals surface area contributed by atoms with Crippen molar-refractivity contribution in [2.24, 2.45) is 0 Å². The Hall–Kier alpha value is -0.610. The SMILES string of the molecule is CC(C)N(CCCO)C(=O)C(C)(C)O. The van der Waals surface area contributed by atoms with Gasteiger partial charge in [0.1, 0.15) is 5.60 Å². The van der Waals surface area contributed by atoms with Crippen LogP contribution in [0.4, 0.5) is 0 Å². The van der Waals surface area contributed by atoms with E-state index in [1.165, 1.54) is 13.8 Å². The number of hydrogen-bond donors (Lipinski definition) is 2. The lowest BCUT2D eigenvalue weighted by molar-refractivity contribution is -0.149. The Morgan fingerprint density at radius 2 is 1.93 bits per heavy atom. The number of aliphatic hydroxyl groups excluding tert-OH is 1. The Balaban J connectivity index is 4.42. The molecular formula is C10H21NO3. The largest absolute Gasteiger partial charge is 0.396 e. The van der Waals surface area contributed by atoms with Gasteiger partial charge in [-0.1, -0.05) is 0 Å². The maximum Gasteiger partial charge on any atom is 0.254 e. The van der Waals surface area contributed by atoms with E-state index >= 15 is 0 Å². The van der Waals surface area contributed by atoms with E-state index in [1.807, 2.05) is 13.8 Å². The van der Waals surface area contributed by atoms with Crippen molar-refractivity contribution in [2.75, 3.05) is 13.2 Å². The molecule has 0 bridgehead atoms. The molecule has 0 aliphatic rings. The van der Waals surface area contributed by atoms with Crippen LogP contribution in [0.3, 0.4) is 0 Å². The van der Waals surface area contributed by atoms with Crippen LogP contribution in [-0.4, -0.2) is 45.8 Å². The molecule has 0 saturated carbocycles. The van der Waals surface area contributed by atoms with Gasteiger partial charge in [0.2, 0.25) is 0 Å². The topological polar surface area (TPSA) is 60.8 Å². The van der Waals surface area contributed by atoms with Crippen molar-refractivity contribution in [1.29, 1.82) is 0 Å². The third-order valence-corrected chi connectivity index (χ3v) is 1.96. The van der Waals surface area contributed by atoms with Crippen molar-refractivity contribution in [3.05, 3.63) is 0 Å². The fourth-order valence-corrected chi connectivity index (χ4v) is 1.19. The van der Waals surface area contributed by atoms with E-state index in [4.69, 9.17) is 5.11 Å². The first-order chi connectivity index (χ1) is 6.30. The third kappa shape index (κ3) is 4.07. The maximum atomic E-state index is 11.7. The van der Waals surface area contributed by atoms with Crippen LogP contribution in [0.1, 0.15) is 34.1 Å². The second-order valence-corrected chi connectivity index (χ2v) is 4.23. The van der Waals surface area contributed by atoms with Gasteiger partial charge >= 0.3 is 0 Å². The zero-order valence-electron chi connectivity index (χ0n) is 9.45. The van der Waals surface area contributed by atoms with Crippen molar-refractivity contribution in [2.45, 2.75) is 45.8 Å². The summed E-state index contributed by atoms with van der Waals surface area (Å²) in [5.41, 5.74) is -1.33. The lowest BCUT2D eigenvalue weighted by Crippen LogP contribution is -2.48. The Morgan fingerprint density at radius 1 is 1.43 bits per heavy atom. The summed E-state index contributed by atoms with van der Waals surface area (Å²) in [4.78, 5) is 13.3. The maximum absolute atomic E-state index is 11.7. The summed E-state index contributed by atoms with van der Waals surface area (Å²) >= 11 is 0. The molecule has 1 amide bonds. The van der Waals surface area contributed by atoms with E-state index in [9.17, 15) is 9.90 Å². The monoisotopic (exact) mass is 203 g/mol. The molecule has 84 valence electrons. The lowest BCUT2D eigenvalue weighted by atomic mass is 10.1. The Bertz CT molecular complexity index is 184. The van der Waals surface area contributed by atoms with E-state index < -0.39 is 5.60 Å². The number of nitrogens with zero attached hydrogens (tertiary/aromatic N) is 1. The molecule has 0 aliphatic heterocycles. The summed E-state index contributed by atoms with van der Waals surface area (Å²) in [6, 6.07) is 0.0421. The molecule has 4 heteroatoms. The molecule has 14 heavy (non-hydrogen) atoms. The minimum Gasteiger partial charge on any atom is -0.396 e. The van der Waals surface area contributed by atoms with Gasteiger partial charge in [0, 0.05) is 19.2 Å². The highest BCUT2D eigenvalue weighted by atomic mass is 16.3. The third-order valence-electron chi connectivity index (χ3n) is 1.96. The van der Waals surface area contributed by atoms with Crippen LogP contribution < -0.4 is 0 Å². The highest BCUT2D eigenvalue weighted by Crippen LogP contribution is 2.11. The molecule has 0 atom stereocenters. The number of aliphatic hydroxyl groups is 2. The molecule has 0 spiro atoms. The summed E-state index contributed by atoms with van der Waals surface area (Å²) in [7, 11) is 0. The summed E-state index contributed by atoms with van der Waals surface area (Å²) in [6.07, 6.45) is 0.542. The van der Waals surface area contributed by atoms with Crippen LogP contribution in [0.15, 0.2) is 0 Å². The highest BCUT2D eigenvalue weighted by molar-refractivity contribution is 5.84. The minimum absolute atomic E-state index is 0.0421. The lowest BCUT2D eigenvalue weighted by Gasteiger charge is -2.31. The molecule has 0 unspecified atom stereocenters. The summed E-state index contributed by atoms with van der Waals surface area (Å²) in [5.74, 6) is -0.291. The van der Waals surface area contributed by atoms with Gasteiger partial charge in [-0.05, 0) is 34.1 Å². The van der Waals surface area contributed by atoms with Crippen LogP contribution >= 0.6 is 0 Å². The van der Waals surface area contributed by atoms with Crippen molar-refractivity contribution in [3.63, 3.8) is 0 Å². The van der Waals surface area contributed by atoms with Gasteiger partial charge in [0.15, 0.2) is 0 Å². The van der Waals surface area contributed by atoms with Crippen LogP contribution in [0.25, 0.3) is 0 Å². The van der Waals surface area contributed by atoms with Crippen LogP contribution in [0, 0.1) is 0 Å². The van der Waals surface area contributed by atoms with E-state index in [0.717, 1.165) is 0 Å². The molecule has 0 fully saturated rings. The highest BCUT2D eigenvalue weighted by Gasteiger charge is 2.30. The van der Waals surface area contributed by atoms with Gasteiger partial charge in [-0.15, -0.1) is 0 Å². The van der Waals surface area contributed by atoms with E-state index in [1.54, 1.807) is 4.90 Å². The Morgan fingerprint density at radius 3 is 2.21 bits per heavy atom. The molecule has 0 aromatic carbocycles. The molecule has 0 aromatic heterocycles. The van der Waals surface area contributed by atoms with Gasteiger partial charge in [-0.25, -0.2) is 0 Å². The second-order valence-electron chi connectivity index (χ2n) is 4.23. The van der Waals surface area contributed by atoms with Crippen LogP contribution in [-0.2, 0) is 4.79 Å². The first-order valence-corrected chi connectivity index (χ1v) is 4.95. The number of carbonyl (C=O) groups excluding carboxylic acids is 1. The van der Waals surface area contributed by atoms with Crippen LogP contribution in [0.2, 0.25) is 0 Å². The van der Waals surface area contributed by atoms with Gasteiger partial charge in [-0.2, -0.15) is 0 Å². The molecule has 0 saturated heterocycles. The smallest absolute Gasteiger partial charge is 0.254 e. The minimum atomic E-state index is -1.33. The molecule has 0 rings (SSSR count). The van der Waals surface area contributed by atoms with Gasteiger partial charge in [0.05, 0.1) is 0 Å². The first kappa shape index (κ1) is 13.4. The molecule has 2 N–H and O–H groups in total. The van der Waals surface area contributed by atoms with Gasteiger partial charge < -0.3 is 15.1 Å². The first-order valence-electron chi connectivity index (χ1n) is 4.95. The summed E-state index contributed by atoms with van der Waals surface area (Å²) in [5, 5.41) is 18.2. The number of carbonyl (C=O) groups is 1. The average Bonchev–Trinajstić information content (AvgIpc) is 2.02. The molecule has 0 radical (unpaired) electrons. The molecule has 0 aliphatic carbocycles. The number of hydrogen-bond acceptors (Lipinski definition) is 3. The fraction of sp³-hybridized carbons (Fsp3) is 0.900. The number of rotatable bonds is 5. The molecule has 0 heterocycles. The quantitative estimate of drug-likeness (QED) is 0.679. The zero-order valence-corrected chi connectivity index (χ0v) is 9.45. The predicted octanol–water partition coefficient (Wildman–Crippen LogP) is 0.377. The van der Waals surface area contributed by atoms with Crippen molar-refractivity contribution in [1.82, 2.24) is 4.90 Å². The molecule has 4 nitrogen and oxygen atoms in total. The van der Waals surface area contributed by atoms with Crippen molar-refractivity contribution >= 4 is 5.91 Å². The van der Waals surface area contributed by atoms with E-state index in [2.05, 4.69) is 0 Å². The Kier molecular flexibility index (Phi) is 5.08. The van der Waals surface area contributed by atoms with Crippen molar-refractivity contribution in [3.8, 4) is 0 Å². The zero-order chi connectivity index (χ0) is 11.4. The van der Waals surface area contributed by atoms with Gasteiger partial charge in [-0.3, -0.25) is 4.79 Å². The molecule has 0 aromatic rings. The average molecular weight is 203 g/mol. The standard InChI is InChI=1S/C10H21NO3/c1-8(2)11(6-5-7-12)9(13)10(3,4)14/h8,12,14H,5-7H2,1-4H3. The molecular weight excluding hydrogens is 182 g/mol. The van der Waals surface area contributed by atoms with E-state index in [0.29, 0.717) is 13.0 Å². The second kappa shape index (κ2) is 5.32. The Labute approximate surface area is 85.5 Å². The summed E-state index contributed by atoms with van der Waals surface area (Å²) in [6.45, 7) is 7.27. The van der Waals surface area contributed by atoms with Gasteiger partial charge in [0.25, 0.3) is 5.91 Å². The van der Waals surface area contributed by atoms with Crippen molar-refractivity contribution < 1.29 is 15.0 Å². The normalized spacial score (nSPS) is 11.9. The van der Waals surface area contributed by atoms with E-state index in [-0.39, 0.29) is 18.6 Å². The fourth-order valence-electron chi connectivity index (χ4n) is 1.19. The predicted molar refractivity (Wildman–Crippen MR) is 54.8 cm³/mol. The van der Waals surface area contributed by atoms with Crippen LogP contribution in [0.5, 0.6) is 0 Å². The summed E-state index contributed by atoms with van der Waals surface area (Å²) < 4.78 is 0. The number of amides is 1.